The molecule has 0 aliphatic carbocycles. The van der Waals surface area contributed by atoms with Crippen molar-refractivity contribution in [3.05, 3.63) is 40.3 Å². The lowest BCUT2D eigenvalue weighted by molar-refractivity contribution is -0.132. The van der Waals surface area contributed by atoms with Gasteiger partial charge in [0.25, 0.3) is 0 Å². The van der Waals surface area contributed by atoms with Crippen LogP contribution in [0.4, 0.5) is 0 Å². The monoisotopic (exact) mass is 242 g/mol. The molecule has 0 amide bonds. The summed E-state index contributed by atoms with van der Waals surface area (Å²) in [6, 6.07) is 9.97. The van der Waals surface area contributed by atoms with Crippen molar-refractivity contribution >= 4 is 28.1 Å². The van der Waals surface area contributed by atoms with Crippen molar-refractivity contribution in [2.45, 2.75) is 0 Å². The molecule has 1 aromatic carbocycles. The van der Waals surface area contributed by atoms with Crippen molar-refractivity contribution in [2.24, 2.45) is 0 Å². The predicted molar refractivity (Wildman–Crippen MR) is 51.5 cm³/mol. The zero-order valence-corrected chi connectivity index (χ0v) is 8.18. The third-order valence-corrected chi connectivity index (χ3v) is 1.43. The number of carboxylic acids is 1. The van der Waals surface area contributed by atoms with Crippen molar-refractivity contribution < 1.29 is 14.7 Å². The van der Waals surface area contributed by atoms with Crippen molar-refractivity contribution in [1.82, 2.24) is 0 Å². The molecule has 0 fully saturated rings. The maximum absolute atomic E-state index is 9.29. The van der Waals surface area contributed by atoms with Gasteiger partial charge in [-0.25, -0.2) is 4.79 Å². The standard InChI is InChI=1S/C6H5Br.C2H2N2O2/c7-6-4-2-1-3-5-6;3-4-1-2(5)6/h1-5H;1H,(H,5,6). The summed E-state index contributed by atoms with van der Waals surface area (Å²) in [7, 11) is 0. The maximum atomic E-state index is 9.29. The molecule has 13 heavy (non-hydrogen) atoms. The quantitative estimate of drug-likeness (QED) is 0.464. The van der Waals surface area contributed by atoms with Gasteiger partial charge < -0.3 is 10.6 Å². The first kappa shape index (κ1) is 11.6. The molecule has 5 heteroatoms. The summed E-state index contributed by atoms with van der Waals surface area (Å²) in [4.78, 5) is 11.5. The van der Waals surface area contributed by atoms with Crippen LogP contribution in [0.2, 0.25) is 0 Å². The van der Waals surface area contributed by atoms with E-state index in [1.165, 1.54) is 0 Å². The van der Waals surface area contributed by atoms with Gasteiger partial charge in [-0.15, -0.1) is 0 Å². The van der Waals surface area contributed by atoms with Crippen LogP contribution in [-0.2, 0) is 4.79 Å². The van der Waals surface area contributed by atoms with Crippen LogP contribution in [0.1, 0.15) is 0 Å². The average molecular weight is 243 g/mol. The predicted octanol–water partition coefficient (Wildman–Crippen LogP) is 1.82. The van der Waals surface area contributed by atoms with Gasteiger partial charge in [0.15, 0.2) is 0 Å². The fourth-order valence-corrected chi connectivity index (χ4v) is 0.769. The van der Waals surface area contributed by atoms with Crippen molar-refractivity contribution in [3.63, 3.8) is 0 Å². The fraction of sp³-hybridized carbons (Fsp3) is 0. The Balaban J connectivity index is 0.000000226. The molecule has 1 rings (SSSR count). The van der Waals surface area contributed by atoms with Gasteiger partial charge in [-0.05, 0) is 12.1 Å². The fourth-order valence-electron chi connectivity index (χ4n) is 0.464. The smallest absolute Gasteiger partial charge is 0.411 e. The lowest BCUT2D eigenvalue weighted by atomic mass is 10.4. The molecule has 0 heterocycles. The zero-order chi connectivity index (χ0) is 10.1. The number of rotatable bonds is 1. The summed E-state index contributed by atoms with van der Waals surface area (Å²) in [5.41, 5.74) is 7.43. The Morgan fingerprint density at radius 3 is 2.15 bits per heavy atom. The van der Waals surface area contributed by atoms with E-state index in [1.807, 2.05) is 30.3 Å². The van der Waals surface area contributed by atoms with Crippen LogP contribution in [0.3, 0.4) is 0 Å². The number of carboxylic acid groups (broad SMARTS) is 1. The number of hydrogen-bond donors (Lipinski definition) is 1. The third-order valence-electron chi connectivity index (χ3n) is 0.901. The minimum absolute atomic E-state index is 0.389. The molecule has 1 aromatic rings. The van der Waals surface area contributed by atoms with Crippen LogP contribution in [0, 0.1) is 0 Å². The van der Waals surface area contributed by atoms with Gasteiger partial charge in [-0.2, -0.15) is 4.79 Å². The molecule has 0 saturated carbocycles. The van der Waals surface area contributed by atoms with E-state index in [2.05, 4.69) is 20.7 Å². The van der Waals surface area contributed by atoms with Gasteiger partial charge in [0.05, 0.1) is 0 Å². The highest BCUT2D eigenvalue weighted by Crippen LogP contribution is 2.05. The van der Waals surface area contributed by atoms with Crippen LogP contribution < -0.4 is 0 Å². The highest BCUT2D eigenvalue weighted by Gasteiger charge is 1.88. The van der Waals surface area contributed by atoms with Gasteiger partial charge in [0, 0.05) is 4.47 Å². The summed E-state index contributed by atoms with van der Waals surface area (Å²) in [5, 5.41) is 7.60. The summed E-state index contributed by atoms with van der Waals surface area (Å²) in [6.07, 6.45) is 0.389. The van der Waals surface area contributed by atoms with E-state index in [9.17, 15) is 4.79 Å². The van der Waals surface area contributed by atoms with Crippen molar-refractivity contribution in [1.29, 1.82) is 0 Å². The van der Waals surface area contributed by atoms with E-state index in [0.29, 0.717) is 6.21 Å². The molecule has 1 N–H and O–H groups in total. The van der Waals surface area contributed by atoms with Crippen LogP contribution in [0.15, 0.2) is 34.8 Å². The van der Waals surface area contributed by atoms with E-state index in [4.69, 9.17) is 10.6 Å². The third kappa shape index (κ3) is 8.46. The molecular formula is C8H7BrN2O2. The average Bonchev–Trinajstić information content (AvgIpc) is 2.06. The number of benzene rings is 1. The first-order chi connectivity index (χ1) is 6.16. The number of carbonyl (C=O) groups is 1. The molecule has 0 spiro atoms. The summed E-state index contributed by atoms with van der Waals surface area (Å²) in [5.74, 6) is -1.25. The number of halogens is 1. The van der Waals surface area contributed by atoms with E-state index >= 15 is 0 Å². The normalized spacial score (nSPS) is 7.46. The number of aliphatic carboxylic acids is 1. The highest BCUT2D eigenvalue weighted by atomic mass is 79.9. The Morgan fingerprint density at radius 1 is 1.46 bits per heavy atom. The number of nitrogens with zero attached hydrogens (tertiary/aromatic N) is 2. The molecule has 0 atom stereocenters. The largest absolute Gasteiger partial charge is 0.473 e. The van der Waals surface area contributed by atoms with Crippen molar-refractivity contribution in [3.8, 4) is 0 Å². The molecule has 4 nitrogen and oxygen atoms in total. The summed E-state index contributed by atoms with van der Waals surface area (Å²) < 4.78 is 1.13. The van der Waals surface area contributed by atoms with E-state index in [-0.39, 0.29) is 0 Å². The summed E-state index contributed by atoms with van der Waals surface area (Å²) in [6.45, 7) is 0. The van der Waals surface area contributed by atoms with Crippen LogP contribution >= 0.6 is 15.9 Å². The second-order valence-corrected chi connectivity index (χ2v) is 2.79. The molecule has 0 unspecified atom stereocenters. The molecular weight excluding hydrogens is 236 g/mol. The van der Waals surface area contributed by atoms with E-state index in [0.717, 1.165) is 4.47 Å². The SMILES string of the molecule is Brc1ccccc1.[N-]=[N+]=CC(=O)O. The van der Waals surface area contributed by atoms with Gasteiger partial charge in [0.1, 0.15) is 0 Å². The Kier molecular flexibility index (Phi) is 6.41. The first-order valence-electron chi connectivity index (χ1n) is 3.27. The molecule has 0 radical (unpaired) electrons. The second kappa shape index (κ2) is 7.21. The van der Waals surface area contributed by atoms with Gasteiger partial charge >= 0.3 is 12.2 Å². The Hall–Kier alpha value is -1.45. The number of hydrogen-bond acceptors (Lipinski definition) is 1. The van der Waals surface area contributed by atoms with Crippen LogP contribution in [0.5, 0.6) is 0 Å². The molecule has 0 aliphatic heterocycles. The minimum Gasteiger partial charge on any atom is -0.473 e. The maximum Gasteiger partial charge on any atom is 0.411 e. The molecule has 0 aliphatic rings. The molecule has 0 aromatic heterocycles. The van der Waals surface area contributed by atoms with Gasteiger partial charge in [-0.3, -0.25) is 0 Å². The van der Waals surface area contributed by atoms with E-state index < -0.39 is 5.97 Å². The van der Waals surface area contributed by atoms with Gasteiger partial charge in [0.2, 0.25) is 0 Å². The second-order valence-electron chi connectivity index (χ2n) is 1.88. The van der Waals surface area contributed by atoms with Crippen LogP contribution in [-0.4, -0.2) is 22.1 Å². The topological polar surface area (TPSA) is 73.7 Å². The lowest BCUT2D eigenvalue weighted by Crippen LogP contribution is -1.94. The molecule has 0 bridgehead atoms. The minimum atomic E-state index is -1.25. The highest BCUT2D eigenvalue weighted by molar-refractivity contribution is 9.10. The lowest BCUT2D eigenvalue weighted by Gasteiger charge is -1.80. The van der Waals surface area contributed by atoms with Crippen molar-refractivity contribution in [2.75, 3.05) is 0 Å². The van der Waals surface area contributed by atoms with E-state index in [1.54, 1.807) is 0 Å². The Labute approximate surface area is 83.6 Å². The Bertz CT molecular complexity index is 307. The zero-order valence-electron chi connectivity index (χ0n) is 6.59. The first-order valence-corrected chi connectivity index (χ1v) is 4.07. The Morgan fingerprint density at radius 2 is 2.00 bits per heavy atom. The molecule has 68 valence electrons. The van der Waals surface area contributed by atoms with Crippen LogP contribution in [0.25, 0.3) is 5.53 Å². The summed E-state index contributed by atoms with van der Waals surface area (Å²) >= 11 is 3.31. The van der Waals surface area contributed by atoms with Gasteiger partial charge in [-0.1, -0.05) is 34.1 Å². The molecule has 0 saturated heterocycles.